The second-order valence-corrected chi connectivity index (χ2v) is 6.07. The van der Waals surface area contributed by atoms with Crippen molar-refractivity contribution >= 4 is 5.82 Å². The van der Waals surface area contributed by atoms with Crippen LogP contribution in [0.2, 0.25) is 0 Å². The lowest BCUT2D eigenvalue weighted by Gasteiger charge is -2.36. The van der Waals surface area contributed by atoms with Gasteiger partial charge in [0, 0.05) is 18.7 Å². The van der Waals surface area contributed by atoms with Gasteiger partial charge in [-0.05, 0) is 27.7 Å². The fraction of sp³-hybridized carbons (Fsp3) is 0.471. The Labute approximate surface area is 131 Å². The van der Waals surface area contributed by atoms with Gasteiger partial charge in [0.15, 0.2) is 11.6 Å². The standard InChI is InChI=1S/C17H22N4O/c1-11-5-7-15(8-6-11)16-18-17(14(4)19-20-16)21-9-12(2)22-13(3)10-21/h5-8,12-13H,9-10H2,1-4H3/t12-,13-/m0/s1. The third-order valence-corrected chi connectivity index (χ3v) is 3.86. The number of benzene rings is 1. The molecule has 116 valence electrons. The maximum absolute atomic E-state index is 5.80. The molecule has 2 atom stereocenters. The Morgan fingerprint density at radius 1 is 1.00 bits per heavy atom. The smallest absolute Gasteiger partial charge is 0.183 e. The fourth-order valence-electron chi connectivity index (χ4n) is 2.85. The number of aromatic nitrogens is 3. The summed E-state index contributed by atoms with van der Waals surface area (Å²) in [5.41, 5.74) is 3.07. The Morgan fingerprint density at radius 3 is 2.27 bits per heavy atom. The molecule has 1 aromatic heterocycles. The van der Waals surface area contributed by atoms with Crippen molar-refractivity contribution < 1.29 is 4.74 Å². The van der Waals surface area contributed by atoms with Crippen LogP contribution in [0.3, 0.4) is 0 Å². The fourth-order valence-corrected chi connectivity index (χ4v) is 2.85. The summed E-state index contributed by atoms with van der Waals surface area (Å²) in [6.45, 7) is 9.87. The van der Waals surface area contributed by atoms with Crippen molar-refractivity contribution in [3.63, 3.8) is 0 Å². The predicted molar refractivity (Wildman–Crippen MR) is 87.0 cm³/mol. The molecule has 0 amide bonds. The molecule has 0 spiro atoms. The average molecular weight is 298 g/mol. The van der Waals surface area contributed by atoms with E-state index in [4.69, 9.17) is 9.72 Å². The van der Waals surface area contributed by atoms with Gasteiger partial charge in [0.2, 0.25) is 0 Å². The van der Waals surface area contributed by atoms with Crippen molar-refractivity contribution in [2.24, 2.45) is 0 Å². The molecule has 5 nitrogen and oxygen atoms in total. The van der Waals surface area contributed by atoms with E-state index in [1.807, 2.05) is 19.1 Å². The Bertz CT molecular complexity index is 646. The summed E-state index contributed by atoms with van der Waals surface area (Å²) in [7, 11) is 0. The van der Waals surface area contributed by atoms with Crippen LogP contribution in [0.4, 0.5) is 5.82 Å². The molecule has 3 rings (SSSR count). The highest BCUT2D eigenvalue weighted by molar-refractivity contribution is 5.58. The molecule has 5 heteroatoms. The minimum atomic E-state index is 0.195. The second kappa shape index (κ2) is 6.01. The van der Waals surface area contributed by atoms with Crippen LogP contribution in [0, 0.1) is 13.8 Å². The number of aryl methyl sites for hydroxylation is 2. The highest BCUT2D eigenvalue weighted by atomic mass is 16.5. The summed E-state index contributed by atoms with van der Waals surface area (Å²) in [4.78, 5) is 7.01. The Morgan fingerprint density at radius 2 is 1.64 bits per heavy atom. The van der Waals surface area contributed by atoms with Gasteiger partial charge in [-0.15, -0.1) is 10.2 Å². The summed E-state index contributed by atoms with van der Waals surface area (Å²) >= 11 is 0. The summed E-state index contributed by atoms with van der Waals surface area (Å²) < 4.78 is 5.80. The number of nitrogens with zero attached hydrogens (tertiary/aromatic N) is 4. The molecular formula is C17H22N4O. The van der Waals surface area contributed by atoms with Gasteiger partial charge >= 0.3 is 0 Å². The summed E-state index contributed by atoms with van der Waals surface area (Å²) in [6, 6.07) is 8.21. The topological polar surface area (TPSA) is 51.1 Å². The zero-order valence-corrected chi connectivity index (χ0v) is 13.6. The van der Waals surface area contributed by atoms with E-state index in [1.54, 1.807) is 0 Å². The molecule has 0 bridgehead atoms. The summed E-state index contributed by atoms with van der Waals surface area (Å²) in [6.07, 6.45) is 0.391. The summed E-state index contributed by atoms with van der Waals surface area (Å²) in [5.74, 6) is 1.58. The monoisotopic (exact) mass is 298 g/mol. The molecule has 1 fully saturated rings. The van der Waals surface area contributed by atoms with Crippen LogP contribution < -0.4 is 4.90 Å². The zero-order valence-electron chi connectivity index (χ0n) is 13.6. The Kier molecular flexibility index (Phi) is 4.07. The van der Waals surface area contributed by atoms with Gasteiger partial charge in [0.1, 0.15) is 5.69 Å². The molecule has 0 radical (unpaired) electrons. The highest BCUT2D eigenvalue weighted by Gasteiger charge is 2.25. The molecule has 0 N–H and O–H groups in total. The number of ether oxygens (including phenoxy) is 1. The zero-order chi connectivity index (χ0) is 15.7. The van der Waals surface area contributed by atoms with Gasteiger partial charge in [-0.1, -0.05) is 29.8 Å². The van der Waals surface area contributed by atoms with Crippen LogP contribution in [0.25, 0.3) is 11.4 Å². The largest absolute Gasteiger partial charge is 0.372 e. The molecule has 1 saturated heterocycles. The van der Waals surface area contributed by atoms with Gasteiger partial charge in [0.05, 0.1) is 12.2 Å². The molecule has 0 unspecified atom stereocenters. The molecule has 22 heavy (non-hydrogen) atoms. The van der Waals surface area contributed by atoms with Crippen molar-refractivity contribution in [1.82, 2.24) is 15.2 Å². The van der Waals surface area contributed by atoms with Crippen LogP contribution in [-0.2, 0) is 4.74 Å². The van der Waals surface area contributed by atoms with Crippen LogP contribution in [0.15, 0.2) is 24.3 Å². The third kappa shape index (κ3) is 3.09. The Balaban J connectivity index is 1.94. The minimum absolute atomic E-state index is 0.195. The first-order valence-electron chi connectivity index (χ1n) is 7.71. The number of hydrogen-bond acceptors (Lipinski definition) is 5. The third-order valence-electron chi connectivity index (χ3n) is 3.86. The van der Waals surface area contributed by atoms with Gasteiger partial charge in [0.25, 0.3) is 0 Å². The van der Waals surface area contributed by atoms with Crippen molar-refractivity contribution in [2.75, 3.05) is 18.0 Å². The number of rotatable bonds is 2. The van der Waals surface area contributed by atoms with Crippen molar-refractivity contribution in [3.8, 4) is 11.4 Å². The van der Waals surface area contributed by atoms with E-state index in [0.717, 1.165) is 30.2 Å². The molecule has 0 aliphatic carbocycles. The van der Waals surface area contributed by atoms with Crippen LogP contribution in [0.5, 0.6) is 0 Å². The first-order valence-corrected chi connectivity index (χ1v) is 7.71. The lowest BCUT2D eigenvalue weighted by atomic mass is 10.1. The van der Waals surface area contributed by atoms with Crippen LogP contribution in [-0.4, -0.2) is 40.5 Å². The van der Waals surface area contributed by atoms with E-state index < -0.39 is 0 Å². The summed E-state index contributed by atoms with van der Waals surface area (Å²) in [5, 5.41) is 8.56. The maximum Gasteiger partial charge on any atom is 0.183 e. The molecule has 1 aromatic carbocycles. The van der Waals surface area contributed by atoms with E-state index in [0.29, 0.717) is 5.82 Å². The molecule has 2 heterocycles. The molecular weight excluding hydrogens is 276 g/mol. The quantitative estimate of drug-likeness (QED) is 0.853. The van der Waals surface area contributed by atoms with E-state index in [9.17, 15) is 0 Å². The van der Waals surface area contributed by atoms with Crippen molar-refractivity contribution in [2.45, 2.75) is 39.9 Å². The molecule has 0 saturated carbocycles. The first-order chi connectivity index (χ1) is 10.5. The van der Waals surface area contributed by atoms with Crippen LogP contribution in [0.1, 0.15) is 25.1 Å². The molecule has 2 aromatic rings. The minimum Gasteiger partial charge on any atom is -0.372 e. The normalized spacial score (nSPS) is 21.9. The maximum atomic E-state index is 5.80. The predicted octanol–water partition coefficient (Wildman–Crippen LogP) is 2.77. The lowest BCUT2D eigenvalue weighted by Crippen LogP contribution is -2.46. The van der Waals surface area contributed by atoms with Crippen molar-refractivity contribution in [1.29, 1.82) is 0 Å². The van der Waals surface area contributed by atoms with E-state index in [2.05, 4.69) is 48.0 Å². The van der Waals surface area contributed by atoms with Gasteiger partial charge < -0.3 is 9.64 Å². The average Bonchev–Trinajstić information content (AvgIpc) is 2.47. The molecule has 1 aliphatic rings. The van der Waals surface area contributed by atoms with E-state index in [-0.39, 0.29) is 12.2 Å². The number of morpholine rings is 1. The van der Waals surface area contributed by atoms with Gasteiger partial charge in [-0.2, -0.15) is 0 Å². The molecule has 1 aliphatic heterocycles. The lowest BCUT2D eigenvalue weighted by molar-refractivity contribution is -0.00552. The van der Waals surface area contributed by atoms with Crippen molar-refractivity contribution in [3.05, 3.63) is 35.5 Å². The van der Waals surface area contributed by atoms with E-state index in [1.165, 1.54) is 5.56 Å². The highest BCUT2D eigenvalue weighted by Crippen LogP contribution is 2.23. The number of hydrogen-bond donors (Lipinski definition) is 0. The number of anilines is 1. The van der Waals surface area contributed by atoms with Crippen LogP contribution >= 0.6 is 0 Å². The van der Waals surface area contributed by atoms with Gasteiger partial charge in [-0.3, -0.25) is 0 Å². The van der Waals surface area contributed by atoms with Gasteiger partial charge in [-0.25, -0.2) is 4.98 Å². The Hall–Kier alpha value is -2.01. The second-order valence-electron chi connectivity index (χ2n) is 6.07. The SMILES string of the molecule is Cc1ccc(-c2nnc(C)c(N3C[C@H](C)O[C@@H](C)C3)n2)cc1. The van der Waals surface area contributed by atoms with E-state index >= 15 is 0 Å². The first kappa shape index (κ1) is 14.9.